The molecule has 2 fully saturated rings. The number of nitrogens with zero attached hydrogens (tertiary/aromatic N) is 1. The van der Waals surface area contributed by atoms with Crippen LogP contribution in [0.1, 0.15) is 49.8 Å². The number of ether oxygens (including phenoxy) is 1. The van der Waals surface area contributed by atoms with Crippen LogP contribution < -0.4 is 10.6 Å². The molecule has 1 aliphatic carbocycles. The van der Waals surface area contributed by atoms with Crippen LogP contribution in [0.2, 0.25) is 0 Å². The van der Waals surface area contributed by atoms with E-state index in [9.17, 15) is 0 Å². The summed E-state index contributed by atoms with van der Waals surface area (Å²) in [7, 11) is 1.85. The largest absolute Gasteiger partial charge is 0.376 e. The van der Waals surface area contributed by atoms with E-state index < -0.39 is 0 Å². The molecule has 1 saturated carbocycles. The highest BCUT2D eigenvalue weighted by atomic mass is 32.1. The molecule has 1 unspecified atom stereocenters. The number of aliphatic imine (C=N–C) groups is 1. The zero-order valence-electron chi connectivity index (χ0n) is 14.1. The third-order valence-electron chi connectivity index (χ3n) is 5.19. The van der Waals surface area contributed by atoms with Crippen molar-refractivity contribution in [3.63, 3.8) is 0 Å². The highest BCUT2D eigenvalue weighted by Gasteiger charge is 2.34. The maximum atomic E-state index is 5.68. The van der Waals surface area contributed by atoms with Crippen LogP contribution in [0.3, 0.4) is 0 Å². The van der Waals surface area contributed by atoms with Crippen molar-refractivity contribution in [2.24, 2.45) is 4.99 Å². The maximum absolute atomic E-state index is 5.68. The summed E-state index contributed by atoms with van der Waals surface area (Å²) in [5.74, 6) is 0.905. The van der Waals surface area contributed by atoms with Crippen LogP contribution in [0.15, 0.2) is 22.5 Å². The average molecular weight is 336 g/mol. The van der Waals surface area contributed by atoms with Gasteiger partial charge in [-0.2, -0.15) is 0 Å². The zero-order chi connectivity index (χ0) is 16.0. The summed E-state index contributed by atoms with van der Waals surface area (Å²) in [6.07, 6.45) is 9.28. The SMILES string of the molecule is CN=C(NCC1CCCO1)NCC1(c2cccs2)CCCCC1. The van der Waals surface area contributed by atoms with E-state index in [1.165, 1.54) is 43.4 Å². The first-order chi connectivity index (χ1) is 11.3. The van der Waals surface area contributed by atoms with Gasteiger partial charge >= 0.3 is 0 Å². The van der Waals surface area contributed by atoms with Crippen LogP contribution in [0.25, 0.3) is 0 Å². The summed E-state index contributed by atoms with van der Waals surface area (Å²) in [6, 6.07) is 4.49. The Morgan fingerprint density at radius 2 is 2.17 bits per heavy atom. The number of nitrogens with one attached hydrogen (secondary N) is 2. The molecule has 0 aromatic carbocycles. The van der Waals surface area contributed by atoms with E-state index in [0.717, 1.165) is 32.1 Å². The molecular weight excluding hydrogens is 306 g/mol. The lowest BCUT2D eigenvalue weighted by Gasteiger charge is -2.37. The Morgan fingerprint density at radius 3 is 2.83 bits per heavy atom. The first kappa shape index (κ1) is 16.8. The first-order valence-corrected chi connectivity index (χ1v) is 9.80. The fourth-order valence-corrected chi connectivity index (χ4v) is 4.80. The highest BCUT2D eigenvalue weighted by Crippen LogP contribution is 2.41. The van der Waals surface area contributed by atoms with Gasteiger partial charge in [0.2, 0.25) is 0 Å². The molecule has 0 radical (unpaired) electrons. The molecule has 3 rings (SSSR count). The molecule has 128 valence electrons. The zero-order valence-corrected chi connectivity index (χ0v) is 15.0. The Morgan fingerprint density at radius 1 is 1.30 bits per heavy atom. The summed E-state index contributed by atoms with van der Waals surface area (Å²) in [5.41, 5.74) is 0.286. The van der Waals surface area contributed by atoms with Crippen molar-refractivity contribution in [3.8, 4) is 0 Å². The molecule has 5 heteroatoms. The van der Waals surface area contributed by atoms with Gasteiger partial charge in [-0.25, -0.2) is 0 Å². The summed E-state index contributed by atoms with van der Waals surface area (Å²) in [6.45, 7) is 2.73. The summed E-state index contributed by atoms with van der Waals surface area (Å²) < 4.78 is 5.68. The molecule has 0 amide bonds. The molecule has 2 aliphatic rings. The number of hydrogen-bond acceptors (Lipinski definition) is 3. The normalized spacial score (nSPS) is 24.6. The van der Waals surface area contributed by atoms with Crippen LogP contribution in [0.5, 0.6) is 0 Å². The molecule has 1 aromatic rings. The minimum atomic E-state index is 0.286. The predicted octanol–water partition coefficient (Wildman–Crippen LogP) is 3.29. The molecule has 1 aliphatic heterocycles. The fraction of sp³-hybridized carbons (Fsp3) is 0.722. The van der Waals surface area contributed by atoms with Crippen molar-refractivity contribution in [2.45, 2.75) is 56.5 Å². The van der Waals surface area contributed by atoms with Gasteiger partial charge in [0.25, 0.3) is 0 Å². The van der Waals surface area contributed by atoms with Gasteiger partial charge in [-0.1, -0.05) is 25.3 Å². The van der Waals surface area contributed by atoms with Crippen LogP contribution in [-0.4, -0.2) is 38.8 Å². The van der Waals surface area contributed by atoms with E-state index in [2.05, 4.69) is 33.1 Å². The Labute approximate surface area is 143 Å². The van der Waals surface area contributed by atoms with Gasteiger partial charge in [-0.15, -0.1) is 11.3 Å². The number of rotatable bonds is 5. The van der Waals surface area contributed by atoms with Crippen molar-refractivity contribution in [3.05, 3.63) is 22.4 Å². The van der Waals surface area contributed by atoms with Crippen molar-refractivity contribution in [1.29, 1.82) is 0 Å². The van der Waals surface area contributed by atoms with Crippen LogP contribution >= 0.6 is 11.3 Å². The second-order valence-corrected chi connectivity index (χ2v) is 7.71. The smallest absolute Gasteiger partial charge is 0.191 e. The number of thiophene rings is 1. The second-order valence-electron chi connectivity index (χ2n) is 6.76. The third kappa shape index (κ3) is 4.27. The fourth-order valence-electron chi connectivity index (χ4n) is 3.81. The predicted molar refractivity (Wildman–Crippen MR) is 97.4 cm³/mol. The maximum Gasteiger partial charge on any atom is 0.191 e. The number of guanidine groups is 1. The second kappa shape index (κ2) is 8.15. The first-order valence-electron chi connectivity index (χ1n) is 8.92. The van der Waals surface area contributed by atoms with E-state index in [1.807, 2.05) is 18.4 Å². The summed E-state index contributed by atoms with van der Waals surface area (Å²) in [4.78, 5) is 5.92. The van der Waals surface area contributed by atoms with Gasteiger partial charge in [-0.05, 0) is 37.1 Å². The van der Waals surface area contributed by atoms with Crippen molar-refractivity contribution in [1.82, 2.24) is 10.6 Å². The van der Waals surface area contributed by atoms with E-state index in [0.29, 0.717) is 6.10 Å². The van der Waals surface area contributed by atoms with Crippen molar-refractivity contribution >= 4 is 17.3 Å². The number of hydrogen-bond donors (Lipinski definition) is 2. The lowest BCUT2D eigenvalue weighted by Crippen LogP contribution is -2.47. The monoisotopic (exact) mass is 335 g/mol. The van der Waals surface area contributed by atoms with Gasteiger partial charge in [0.1, 0.15) is 0 Å². The van der Waals surface area contributed by atoms with Gasteiger partial charge in [0.05, 0.1) is 6.10 Å². The summed E-state index contributed by atoms with van der Waals surface area (Å²) >= 11 is 1.90. The van der Waals surface area contributed by atoms with Crippen molar-refractivity contribution < 1.29 is 4.74 Å². The highest BCUT2D eigenvalue weighted by molar-refractivity contribution is 7.10. The molecule has 23 heavy (non-hydrogen) atoms. The van der Waals surface area contributed by atoms with Crippen molar-refractivity contribution in [2.75, 3.05) is 26.7 Å². The Hall–Kier alpha value is -1.07. The van der Waals surface area contributed by atoms with Crippen LogP contribution in [0.4, 0.5) is 0 Å². The Bertz CT molecular complexity index is 488. The Kier molecular flexibility index (Phi) is 5.95. The van der Waals surface area contributed by atoms with Crippen LogP contribution in [0, 0.1) is 0 Å². The van der Waals surface area contributed by atoms with E-state index in [1.54, 1.807) is 0 Å². The lowest BCUT2D eigenvalue weighted by molar-refractivity contribution is 0.113. The third-order valence-corrected chi connectivity index (χ3v) is 6.31. The quantitative estimate of drug-likeness (QED) is 0.641. The van der Waals surface area contributed by atoms with E-state index in [4.69, 9.17) is 4.74 Å². The topological polar surface area (TPSA) is 45.7 Å². The minimum Gasteiger partial charge on any atom is -0.376 e. The minimum absolute atomic E-state index is 0.286. The molecule has 0 spiro atoms. The molecular formula is C18H29N3OS. The van der Waals surface area contributed by atoms with Crippen LogP contribution in [-0.2, 0) is 10.2 Å². The van der Waals surface area contributed by atoms with E-state index >= 15 is 0 Å². The van der Waals surface area contributed by atoms with E-state index in [-0.39, 0.29) is 5.41 Å². The lowest BCUT2D eigenvalue weighted by atomic mass is 9.73. The summed E-state index contributed by atoms with van der Waals surface area (Å²) in [5, 5.41) is 9.22. The Balaban J connectivity index is 1.56. The molecule has 2 N–H and O–H groups in total. The van der Waals surface area contributed by atoms with Gasteiger partial charge in [0.15, 0.2) is 5.96 Å². The molecule has 2 heterocycles. The van der Waals surface area contributed by atoms with Gasteiger partial charge < -0.3 is 15.4 Å². The average Bonchev–Trinajstić information content (AvgIpc) is 3.30. The molecule has 1 saturated heterocycles. The van der Waals surface area contributed by atoms with Gasteiger partial charge in [-0.3, -0.25) is 4.99 Å². The molecule has 0 bridgehead atoms. The standard InChI is InChI=1S/C18H29N3OS/c1-19-17(20-13-15-7-5-11-22-15)21-14-18(9-3-2-4-10-18)16-8-6-12-23-16/h6,8,12,15H,2-5,7,9-11,13-14H2,1H3,(H2,19,20,21). The van der Waals surface area contributed by atoms with Gasteiger partial charge in [0, 0.05) is 37.0 Å². The molecule has 1 aromatic heterocycles. The molecule has 1 atom stereocenters. The molecule has 4 nitrogen and oxygen atoms in total.